The van der Waals surface area contributed by atoms with Gasteiger partial charge in [-0.3, -0.25) is 4.79 Å². The highest BCUT2D eigenvalue weighted by molar-refractivity contribution is 7.89. The van der Waals surface area contributed by atoms with Crippen molar-refractivity contribution in [2.24, 2.45) is 0 Å². The van der Waals surface area contributed by atoms with Crippen LogP contribution < -0.4 is 11.2 Å². The van der Waals surface area contributed by atoms with Crippen LogP contribution in [0, 0.1) is 0 Å². The molecule has 0 bridgehead atoms. The van der Waals surface area contributed by atoms with Crippen LogP contribution in [0.15, 0.2) is 21.7 Å². The number of halogens is 3. The zero-order valence-electron chi connectivity index (χ0n) is 14.3. The number of fused-ring (bicyclic) bond motifs is 1. The van der Waals surface area contributed by atoms with Gasteiger partial charge in [-0.15, -0.1) is 0 Å². The summed E-state index contributed by atoms with van der Waals surface area (Å²) in [6.45, 7) is 0.309. The average Bonchev–Trinajstić information content (AvgIpc) is 2.57. The molecule has 7 nitrogen and oxygen atoms in total. The minimum Gasteiger partial charge on any atom is -0.374 e. The van der Waals surface area contributed by atoms with Crippen LogP contribution in [0.4, 0.5) is 13.2 Å². The summed E-state index contributed by atoms with van der Waals surface area (Å²) < 4.78 is 69.4. The fraction of sp³-hybridized carbons (Fsp3) is 0.500. The summed E-state index contributed by atoms with van der Waals surface area (Å²) in [6, 6.07) is 1.75. The number of hydrogen-bond donors (Lipinski definition) is 1. The molecular formula is C16H17F3N2O5S. The molecule has 1 aromatic heterocycles. The van der Waals surface area contributed by atoms with E-state index in [2.05, 4.69) is 4.98 Å². The lowest BCUT2D eigenvalue weighted by Crippen LogP contribution is -2.37. The maximum Gasteiger partial charge on any atom is 0.416 e. The van der Waals surface area contributed by atoms with Crippen molar-refractivity contribution in [2.75, 3.05) is 12.9 Å². The van der Waals surface area contributed by atoms with E-state index in [9.17, 15) is 31.2 Å². The van der Waals surface area contributed by atoms with Crippen molar-refractivity contribution in [1.29, 1.82) is 0 Å². The lowest BCUT2D eigenvalue weighted by atomic mass is 9.94. The van der Waals surface area contributed by atoms with Crippen LogP contribution in [0.2, 0.25) is 0 Å². The van der Waals surface area contributed by atoms with Gasteiger partial charge >= 0.3 is 11.9 Å². The lowest BCUT2D eigenvalue weighted by Gasteiger charge is -2.26. The number of rotatable bonds is 3. The van der Waals surface area contributed by atoms with Gasteiger partial charge in [0.2, 0.25) is 0 Å². The first kappa shape index (κ1) is 19.6. The normalized spacial score (nSPS) is 18.7. The van der Waals surface area contributed by atoms with Crippen LogP contribution >= 0.6 is 0 Å². The molecule has 3 rings (SSSR count). The van der Waals surface area contributed by atoms with Gasteiger partial charge in [0.1, 0.15) is 5.88 Å². The van der Waals surface area contributed by atoms with Gasteiger partial charge in [-0.2, -0.15) is 13.2 Å². The van der Waals surface area contributed by atoms with Crippen LogP contribution in [-0.4, -0.2) is 30.8 Å². The Kier molecular flexibility index (Phi) is 4.93. The molecule has 0 radical (unpaired) electrons. The second kappa shape index (κ2) is 6.79. The quantitative estimate of drug-likeness (QED) is 0.840. The first-order valence-electron chi connectivity index (χ1n) is 8.14. The number of H-pyrrole nitrogens is 1. The number of aromatic nitrogens is 2. The SMILES string of the molecule is CS(=O)(=O)Cn1c(=O)[nH]c2cc(C(F)(F)F)c(C3CCCCO3)cc2c1=O. The number of nitrogens with one attached hydrogen (secondary N) is 1. The van der Waals surface area contributed by atoms with Crippen LogP contribution in [0.3, 0.4) is 0 Å². The summed E-state index contributed by atoms with van der Waals surface area (Å²) in [5, 5.41) is -0.199. The molecule has 2 aromatic rings. The summed E-state index contributed by atoms with van der Waals surface area (Å²) in [6.07, 6.45) is -2.89. The summed E-state index contributed by atoms with van der Waals surface area (Å²) in [5.41, 5.74) is -3.54. The van der Waals surface area contributed by atoms with Crippen LogP contribution in [-0.2, 0) is 26.6 Å². The zero-order valence-corrected chi connectivity index (χ0v) is 15.1. The molecule has 1 unspecified atom stereocenters. The fourth-order valence-corrected chi connectivity index (χ4v) is 3.87. The first-order valence-corrected chi connectivity index (χ1v) is 10.2. The van der Waals surface area contributed by atoms with E-state index in [1.54, 1.807) is 0 Å². The van der Waals surface area contributed by atoms with E-state index in [0.717, 1.165) is 18.7 Å². The van der Waals surface area contributed by atoms with E-state index in [1.807, 2.05) is 0 Å². The fourth-order valence-electron chi connectivity index (χ4n) is 3.17. The molecule has 0 spiro atoms. The first-order chi connectivity index (χ1) is 12.5. The standard InChI is InChI=1S/C16H17F3N2O5S/c1-27(24,25)8-21-14(22)10-6-9(13-4-2-3-5-26-13)11(16(17,18)19)7-12(10)20-15(21)23/h6-7,13H,2-5,8H2,1H3,(H,20,23). The Morgan fingerprint density at radius 1 is 1.26 bits per heavy atom. The van der Waals surface area contributed by atoms with E-state index < -0.39 is 44.8 Å². The van der Waals surface area contributed by atoms with Crippen LogP contribution in [0.25, 0.3) is 10.9 Å². The van der Waals surface area contributed by atoms with Crippen LogP contribution in [0.1, 0.15) is 36.5 Å². The van der Waals surface area contributed by atoms with E-state index in [1.165, 1.54) is 0 Å². The van der Waals surface area contributed by atoms with Crippen molar-refractivity contribution < 1.29 is 26.3 Å². The van der Waals surface area contributed by atoms with E-state index in [0.29, 0.717) is 30.1 Å². The predicted molar refractivity (Wildman–Crippen MR) is 91.2 cm³/mol. The van der Waals surface area contributed by atoms with Crippen molar-refractivity contribution in [2.45, 2.75) is 37.4 Å². The molecule has 1 aliphatic heterocycles. The number of hydrogen-bond acceptors (Lipinski definition) is 5. The number of alkyl halides is 3. The molecular weight excluding hydrogens is 389 g/mol. The van der Waals surface area contributed by atoms with Crippen molar-refractivity contribution >= 4 is 20.7 Å². The predicted octanol–water partition coefficient (Wildman–Crippen LogP) is 1.95. The minimum atomic E-state index is -4.71. The second-order valence-corrected chi connectivity index (χ2v) is 8.67. The smallest absolute Gasteiger partial charge is 0.374 e. The number of benzene rings is 1. The highest BCUT2D eigenvalue weighted by Gasteiger charge is 2.37. The second-order valence-electron chi connectivity index (χ2n) is 6.56. The Hall–Kier alpha value is -2.14. The van der Waals surface area contributed by atoms with Gasteiger partial charge in [0.05, 0.1) is 22.6 Å². The molecule has 2 heterocycles. The third-order valence-electron chi connectivity index (χ3n) is 4.35. The van der Waals surface area contributed by atoms with Crippen molar-refractivity contribution in [3.8, 4) is 0 Å². The highest BCUT2D eigenvalue weighted by atomic mass is 32.2. The Labute approximate surface area is 151 Å². The molecule has 11 heteroatoms. The average molecular weight is 406 g/mol. The topological polar surface area (TPSA) is 98.2 Å². The minimum absolute atomic E-state index is 0.190. The molecule has 1 aliphatic rings. The lowest BCUT2D eigenvalue weighted by molar-refractivity contribution is -0.139. The molecule has 1 atom stereocenters. The third kappa shape index (κ3) is 4.08. The summed E-state index contributed by atoms with van der Waals surface area (Å²) in [7, 11) is -3.71. The van der Waals surface area contributed by atoms with Gasteiger partial charge in [-0.05, 0) is 37.0 Å². The van der Waals surface area contributed by atoms with Crippen LogP contribution in [0.5, 0.6) is 0 Å². The number of sulfone groups is 1. The van der Waals surface area contributed by atoms with E-state index >= 15 is 0 Å². The Balaban J connectivity index is 2.29. The van der Waals surface area contributed by atoms with Gasteiger partial charge in [-0.25, -0.2) is 17.8 Å². The van der Waals surface area contributed by atoms with Crippen molar-refractivity contribution in [3.63, 3.8) is 0 Å². The molecule has 1 saturated heterocycles. The molecule has 1 N–H and O–H groups in total. The van der Waals surface area contributed by atoms with E-state index in [4.69, 9.17) is 4.74 Å². The molecule has 0 aliphatic carbocycles. The zero-order chi connectivity index (χ0) is 20.0. The van der Waals surface area contributed by atoms with Crippen molar-refractivity contribution in [3.05, 3.63) is 44.1 Å². The van der Waals surface area contributed by atoms with E-state index in [-0.39, 0.29) is 16.5 Å². The maximum absolute atomic E-state index is 13.5. The molecule has 27 heavy (non-hydrogen) atoms. The molecule has 1 aromatic carbocycles. The molecule has 148 valence electrons. The number of nitrogens with zero attached hydrogens (tertiary/aromatic N) is 1. The Bertz CT molecular complexity index is 1100. The van der Waals surface area contributed by atoms with Gasteiger partial charge in [0.15, 0.2) is 9.84 Å². The number of aromatic amines is 1. The molecule has 0 amide bonds. The number of ether oxygens (including phenoxy) is 1. The Morgan fingerprint density at radius 3 is 2.52 bits per heavy atom. The summed E-state index contributed by atoms with van der Waals surface area (Å²) in [5.74, 6) is -0.868. The molecule has 1 fully saturated rings. The highest BCUT2D eigenvalue weighted by Crippen LogP contribution is 2.39. The third-order valence-corrected chi connectivity index (χ3v) is 5.07. The summed E-state index contributed by atoms with van der Waals surface area (Å²) >= 11 is 0. The van der Waals surface area contributed by atoms with Crippen molar-refractivity contribution in [1.82, 2.24) is 9.55 Å². The largest absolute Gasteiger partial charge is 0.416 e. The van der Waals surface area contributed by atoms with Gasteiger partial charge < -0.3 is 9.72 Å². The Morgan fingerprint density at radius 2 is 1.96 bits per heavy atom. The maximum atomic E-state index is 13.5. The molecule has 0 saturated carbocycles. The van der Waals surface area contributed by atoms with Gasteiger partial charge in [-0.1, -0.05) is 0 Å². The summed E-state index contributed by atoms with van der Waals surface area (Å²) in [4.78, 5) is 26.8. The monoisotopic (exact) mass is 406 g/mol. The van der Waals surface area contributed by atoms with Gasteiger partial charge in [0.25, 0.3) is 5.56 Å². The van der Waals surface area contributed by atoms with Gasteiger partial charge in [0, 0.05) is 12.9 Å².